The number of nitrogens with zero attached hydrogens (tertiary/aromatic N) is 2. The van der Waals surface area contributed by atoms with E-state index in [0.29, 0.717) is 12.5 Å². The zero-order valence-corrected chi connectivity index (χ0v) is 9.67. The highest BCUT2D eigenvalue weighted by atomic mass is 16.4. The molecular weight excluding hydrogens is 218 g/mol. The van der Waals surface area contributed by atoms with Gasteiger partial charge in [0.1, 0.15) is 0 Å². The lowest BCUT2D eigenvalue weighted by Gasteiger charge is -2.28. The van der Waals surface area contributed by atoms with Gasteiger partial charge in [-0.25, -0.2) is 9.97 Å². The third-order valence-electron chi connectivity index (χ3n) is 3.31. The minimum absolute atomic E-state index is 0.185. The van der Waals surface area contributed by atoms with Gasteiger partial charge in [-0.1, -0.05) is 12.8 Å². The Morgan fingerprint density at radius 1 is 1.35 bits per heavy atom. The molecule has 0 radical (unpaired) electrons. The number of rotatable bonds is 4. The number of carboxylic acid groups (broad SMARTS) is 1. The number of carboxylic acids is 1. The van der Waals surface area contributed by atoms with Gasteiger partial charge in [0.05, 0.1) is 5.92 Å². The average molecular weight is 235 g/mol. The van der Waals surface area contributed by atoms with Crippen LogP contribution in [0, 0.1) is 11.8 Å². The van der Waals surface area contributed by atoms with Crippen molar-refractivity contribution in [3.8, 4) is 0 Å². The molecule has 0 aromatic carbocycles. The summed E-state index contributed by atoms with van der Waals surface area (Å²) in [6.45, 7) is 0.640. The van der Waals surface area contributed by atoms with Crippen LogP contribution in [-0.4, -0.2) is 27.6 Å². The summed E-state index contributed by atoms with van der Waals surface area (Å²) in [4.78, 5) is 19.2. The van der Waals surface area contributed by atoms with Crippen molar-refractivity contribution in [3.05, 3.63) is 18.5 Å². The van der Waals surface area contributed by atoms with Crippen LogP contribution in [0.2, 0.25) is 0 Å². The van der Waals surface area contributed by atoms with Crippen LogP contribution in [0.5, 0.6) is 0 Å². The molecule has 92 valence electrons. The molecule has 1 fully saturated rings. The predicted molar refractivity (Wildman–Crippen MR) is 63.6 cm³/mol. The van der Waals surface area contributed by atoms with Gasteiger partial charge in [-0.15, -0.1) is 0 Å². The molecule has 5 heteroatoms. The van der Waals surface area contributed by atoms with E-state index in [1.165, 1.54) is 0 Å². The van der Waals surface area contributed by atoms with Crippen LogP contribution >= 0.6 is 0 Å². The molecule has 0 saturated heterocycles. The van der Waals surface area contributed by atoms with Crippen molar-refractivity contribution in [1.82, 2.24) is 9.97 Å². The Kier molecular flexibility index (Phi) is 3.90. The van der Waals surface area contributed by atoms with Crippen molar-refractivity contribution >= 4 is 11.9 Å². The molecular formula is C12H17N3O2. The normalized spacial score (nSPS) is 24.2. The summed E-state index contributed by atoms with van der Waals surface area (Å²) >= 11 is 0. The van der Waals surface area contributed by atoms with E-state index < -0.39 is 5.97 Å². The predicted octanol–water partition coefficient (Wildman–Crippen LogP) is 1.78. The summed E-state index contributed by atoms with van der Waals surface area (Å²) in [7, 11) is 0. The first kappa shape index (κ1) is 11.8. The first-order chi connectivity index (χ1) is 8.27. The lowest BCUT2D eigenvalue weighted by atomic mass is 9.79. The first-order valence-corrected chi connectivity index (χ1v) is 6.01. The van der Waals surface area contributed by atoms with Crippen molar-refractivity contribution in [2.24, 2.45) is 11.8 Å². The molecule has 0 bridgehead atoms. The van der Waals surface area contributed by atoms with Gasteiger partial charge in [-0.05, 0) is 24.8 Å². The summed E-state index contributed by atoms with van der Waals surface area (Å²) in [5.41, 5.74) is 0. The molecule has 0 spiro atoms. The zero-order chi connectivity index (χ0) is 12.1. The maximum Gasteiger partial charge on any atom is 0.306 e. The van der Waals surface area contributed by atoms with E-state index in [9.17, 15) is 4.79 Å². The minimum atomic E-state index is -0.675. The molecule has 1 aliphatic rings. The van der Waals surface area contributed by atoms with Gasteiger partial charge < -0.3 is 10.4 Å². The molecule has 17 heavy (non-hydrogen) atoms. The highest BCUT2D eigenvalue weighted by Crippen LogP contribution is 2.30. The van der Waals surface area contributed by atoms with Crippen LogP contribution in [0.3, 0.4) is 0 Å². The highest BCUT2D eigenvalue weighted by molar-refractivity contribution is 5.70. The summed E-state index contributed by atoms with van der Waals surface area (Å²) in [5.74, 6) is -0.141. The molecule has 1 saturated carbocycles. The monoisotopic (exact) mass is 235 g/mol. The van der Waals surface area contributed by atoms with Crippen molar-refractivity contribution in [1.29, 1.82) is 0 Å². The van der Waals surface area contributed by atoms with E-state index in [1.54, 1.807) is 18.5 Å². The number of anilines is 1. The topological polar surface area (TPSA) is 75.1 Å². The molecule has 0 amide bonds. The Hall–Kier alpha value is -1.65. The van der Waals surface area contributed by atoms with Crippen molar-refractivity contribution in [3.63, 3.8) is 0 Å². The number of carbonyl (C=O) groups is 1. The number of hydrogen-bond donors (Lipinski definition) is 2. The Bertz CT molecular complexity index is 369. The molecule has 1 aromatic heterocycles. The molecule has 1 aromatic rings. The third-order valence-corrected chi connectivity index (χ3v) is 3.31. The van der Waals surface area contributed by atoms with E-state index in [2.05, 4.69) is 15.3 Å². The second-order valence-electron chi connectivity index (χ2n) is 4.44. The van der Waals surface area contributed by atoms with Crippen LogP contribution in [0.15, 0.2) is 18.5 Å². The highest BCUT2D eigenvalue weighted by Gasteiger charge is 2.30. The molecule has 2 unspecified atom stereocenters. The fraction of sp³-hybridized carbons (Fsp3) is 0.583. The number of hydrogen-bond acceptors (Lipinski definition) is 4. The minimum Gasteiger partial charge on any atom is -0.481 e. The largest absolute Gasteiger partial charge is 0.481 e. The Balaban J connectivity index is 1.90. The Morgan fingerprint density at radius 3 is 2.76 bits per heavy atom. The summed E-state index contributed by atoms with van der Waals surface area (Å²) in [6, 6.07) is 1.76. The van der Waals surface area contributed by atoms with Crippen molar-refractivity contribution < 1.29 is 9.90 Å². The van der Waals surface area contributed by atoms with Crippen LogP contribution < -0.4 is 5.32 Å². The SMILES string of the molecule is O=C(O)C1CCCCC1CNc1ncccn1. The smallest absolute Gasteiger partial charge is 0.306 e. The van der Waals surface area contributed by atoms with Gasteiger partial charge in [0.2, 0.25) is 5.95 Å². The van der Waals surface area contributed by atoms with Gasteiger partial charge in [-0.3, -0.25) is 4.79 Å². The molecule has 0 aliphatic heterocycles. The lowest BCUT2D eigenvalue weighted by Crippen LogP contribution is -2.32. The van der Waals surface area contributed by atoms with Gasteiger partial charge in [-0.2, -0.15) is 0 Å². The van der Waals surface area contributed by atoms with Gasteiger partial charge in [0, 0.05) is 18.9 Å². The fourth-order valence-electron chi connectivity index (χ4n) is 2.39. The van der Waals surface area contributed by atoms with Gasteiger partial charge in [0.25, 0.3) is 0 Å². The summed E-state index contributed by atoms with van der Waals surface area (Å²) < 4.78 is 0. The molecule has 1 aliphatic carbocycles. The second-order valence-corrected chi connectivity index (χ2v) is 4.44. The van der Waals surface area contributed by atoms with Crippen molar-refractivity contribution in [2.75, 3.05) is 11.9 Å². The molecule has 2 atom stereocenters. The van der Waals surface area contributed by atoms with E-state index in [0.717, 1.165) is 25.7 Å². The van der Waals surface area contributed by atoms with Crippen LogP contribution in [0.25, 0.3) is 0 Å². The van der Waals surface area contributed by atoms with Crippen LogP contribution in [-0.2, 0) is 4.79 Å². The average Bonchev–Trinajstić information content (AvgIpc) is 2.38. The third kappa shape index (κ3) is 3.15. The Morgan fingerprint density at radius 2 is 2.06 bits per heavy atom. The molecule has 5 nitrogen and oxygen atoms in total. The number of aromatic nitrogens is 2. The van der Waals surface area contributed by atoms with Gasteiger partial charge >= 0.3 is 5.97 Å². The van der Waals surface area contributed by atoms with Gasteiger partial charge in [0.15, 0.2) is 0 Å². The quantitative estimate of drug-likeness (QED) is 0.832. The summed E-state index contributed by atoms with van der Waals surface area (Å²) in [5, 5.41) is 12.3. The second kappa shape index (κ2) is 5.61. The van der Waals surface area contributed by atoms with E-state index in [1.807, 2.05) is 0 Å². The molecule has 2 rings (SSSR count). The van der Waals surface area contributed by atoms with Crippen molar-refractivity contribution in [2.45, 2.75) is 25.7 Å². The summed E-state index contributed by atoms with van der Waals surface area (Å²) in [6.07, 6.45) is 7.24. The fourth-order valence-corrected chi connectivity index (χ4v) is 2.39. The van der Waals surface area contributed by atoms with E-state index in [-0.39, 0.29) is 11.8 Å². The lowest BCUT2D eigenvalue weighted by molar-refractivity contribution is -0.144. The van der Waals surface area contributed by atoms with Crippen LogP contribution in [0.4, 0.5) is 5.95 Å². The first-order valence-electron chi connectivity index (χ1n) is 6.01. The molecule has 1 heterocycles. The van der Waals surface area contributed by atoms with E-state index in [4.69, 9.17) is 5.11 Å². The maximum atomic E-state index is 11.1. The van der Waals surface area contributed by atoms with E-state index >= 15 is 0 Å². The zero-order valence-electron chi connectivity index (χ0n) is 9.67. The maximum absolute atomic E-state index is 11.1. The number of nitrogens with one attached hydrogen (secondary N) is 1. The number of aliphatic carboxylic acids is 1. The molecule has 2 N–H and O–H groups in total. The standard InChI is InChI=1S/C12H17N3O2/c16-11(17)10-5-2-1-4-9(10)8-15-12-13-6-3-7-14-12/h3,6-7,9-10H,1-2,4-5,8H2,(H,16,17)(H,13,14,15). The van der Waals surface area contributed by atoms with Crippen LogP contribution in [0.1, 0.15) is 25.7 Å². The Labute approximate surface area is 100 Å².